The topological polar surface area (TPSA) is 102 Å². The molecule has 154 valence electrons. The summed E-state index contributed by atoms with van der Waals surface area (Å²) in [4.78, 5) is 20.9. The van der Waals surface area contributed by atoms with Gasteiger partial charge in [-0.25, -0.2) is 14.4 Å². The molecule has 5 rings (SSSR count). The fraction of sp³-hybridized carbons (Fsp3) is 0.227. The summed E-state index contributed by atoms with van der Waals surface area (Å²) in [5.74, 6) is -0.509. The predicted molar refractivity (Wildman–Crippen MR) is 113 cm³/mol. The fourth-order valence-electron chi connectivity index (χ4n) is 3.19. The van der Waals surface area contributed by atoms with E-state index in [1.54, 1.807) is 30.5 Å². The second-order valence-electron chi connectivity index (χ2n) is 7.01. The Bertz CT molecular complexity index is 1070. The monoisotopic (exact) mass is 407 g/mol. The molecular formula is C22H22FN5O2. The van der Waals surface area contributed by atoms with Gasteiger partial charge < -0.3 is 21.1 Å². The SMILES string of the molecule is Nc1ccc2cc1COCCCCNC(=O)c1ccc(c(F)c1)-c1ccnc(n1)N2. The number of benzene rings is 2. The van der Waals surface area contributed by atoms with Crippen LogP contribution in [0.15, 0.2) is 48.7 Å². The molecule has 1 aromatic heterocycles. The Morgan fingerprint density at radius 1 is 1.10 bits per heavy atom. The van der Waals surface area contributed by atoms with Crippen LogP contribution >= 0.6 is 0 Å². The largest absolute Gasteiger partial charge is 0.398 e. The van der Waals surface area contributed by atoms with Crippen molar-refractivity contribution in [2.45, 2.75) is 19.4 Å². The Balaban J connectivity index is 1.69. The Morgan fingerprint density at radius 3 is 2.87 bits per heavy atom. The van der Waals surface area contributed by atoms with Crippen molar-refractivity contribution in [2.75, 3.05) is 24.2 Å². The van der Waals surface area contributed by atoms with E-state index in [-0.39, 0.29) is 11.5 Å². The minimum Gasteiger partial charge on any atom is -0.398 e. The maximum absolute atomic E-state index is 14.7. The molecule has 8 heteroatoms. The first kappa shape index (κ1) is 19.8. The molecule has 3 heterocycles. The molecule has 6 bridgehead atoms. The molecule has 4 N–H and O–H groups in total. The van der Waals surface area contributed by atoms with E-state index in [0.29, 0.717) is 42.7 Å². The van der Waals surface area contributed by atoms with E-state index in [0.717, 1.165) is 24.1 Å². The lowest BCUT2D eigenvalue weighted by Crippen LogP contribution is -2.24. The minimum atomic E-state index is -0.520. The van der Waals surface area contributed by atoms with Gasteiger partial charge in [-0.3, -0.25) is 4.79 Å². The number of ether oxygens (including phenoxy) is 1. The molecule has 0 spiro atoms. The number of amides is 1. The van der Waals surface area contributed by atoms with E-state index in [1.165, 1.54) is 6.07 Å². The normalized spacial score (nSPS) is 14.8. The third-order valence-electron chi connectivity index (χ3n) is 4.82. The molecule has 2 aliphatic rings. The smallest absolute Gasteiger partial charge is 0.251 e. The second kappa shape index (κ2) is 8.87. The summed E-state index contributed by atoms with van der Waals surface area (Å²) >= 11 is 0. The van der Waals surface area contributed by atoms with Crippen LogP contribution < -0.4 is 16.4 Å². The zero-order valence-corrected chi connectivity index (χ0v) is 16.3. The summed E-state index contributed by atoms with van der Waals surface area (Å²) in [7, 11) is 0. The van der Waals surface area contributed by atoms with E-state index in [9.17, 15) is 9.18 Å². The number of hydrogen-bond donors (Lipinski definition) is 3. The van der Waals surface area contributed by atoms with Gasteiger partial charge in [-0.15, -0.1) is 0 Å². The Labute approximate surface area is 173 Å². The van der Waals surface area contributed by atoms with Gasteiger partial charge in [-0.05, 0) is 55.3 Å². The average molecular weight is 407 g/mol. The molecule has 3 aromatic rings. The second-order valence-corrected chi connectivity index (χ2v) is 7.01. The molecule has 7 nitrogen and oxygen atoms in total. The number of nitrogens with one attached hydrogen (secondary N) is 2. The zero-order valence-electron chi connectivity index (χ0n) is 16.3. The van der Waals surface area contributed by atoms with Crippen molar-refractivity contribution < 1.29 is 13.9 Å². The summed E-state index contributed by atoms with van der Waals surface area (Å²) < 4.78 is 20.4. The molecule has 2 aromatic carbocycles. The highest BCUT2D eigenvalue weighted by Crippen LogP contribution is 2.25. The third-order valence-corrected chi connectivity index (χ3v) is 4.82. The van der Waals surface area contributed by atoms with Gasteiger partial charge in [0.05, 0.1) is 12.3 Å². The maximum atomic E-state index is 14.7. The van der Waals surface area contributed by atoms with Crippen molar-refractivity contribution in [3.8, 4) is 11.3 Å². The number of halogens is 1. The molecule has 0 saturated heterocycles. The molecule has 0 atom stereocenters. The summed E-state index contributed by atoms with van der Waals surface area (Å²) in [6.45, 7) is 1.41. The Kier molecular flexibility index (Phi) is 5.85. The van der Waals surface area contributed by atoms with Crippen LogP contribution in [0.2, 0.25) is 0 Å². The lowest BCUT2D eigenvalue weighted by molar-refractivity contribution is 0.0945. The number of nitrogens with zero attached hydrogens (tertiary/aromatic N) is 2. The van der Waals surface area contributed by atoms with Crippen molar-refractivity contribution in [1.82, 2.24) is 15.3 Å². The third kappa shape index (κ3) is 4.55. The first-order valence-corrected chi connectivity index (χ1v) is 9.74. The molecular weight excluding hydrogens is 385 g/mol. The average Bonchev–Trinajstić information content (AvgIpc) is 2.74. The number of rotatable bonds is 0. The summed E-state index contributed by atoms with van der Waals surface area (Å²) in [5.41, 5.74) is 9.27. The van der Waals surface area contributed by atoms with Gasteiger partial charge in [0.1, 0.15) is 5.82 Å². The van der Waals surface area contributed by atoms with Gasteiger partial charge in [-0.1, -0.05) is 0 Å². The van der Waals surface area contributed by atoms with Crippen molar-refractivity contribution in [3.63, 3.8) is 0 Å². The van der Waals surface area contributed by atoms with Gasteiger partial charge in [0.15, 0.2) is 0 Å². The number of anilines is 3. The van der Waals surface area contributed by atoms with E-state index in [2.05, 4.69) is 20.6 Å². The summed E-state index contributed by atoms with van der Waals surface area (Å²) in [6, 6.07) is 11.5. The van der Waals surface area contributed by atoms with E-state index >= 15 is 0 Å². The van der Waals surface area contributed by atoms with Gasteiger partial charge in [-0.2, -0.15) is 0 Å². The van der Waals surface area contributed by atoms with Crippen LogP contribution in [-0.4, -0.2) is 29.0 Å². The van der Waals surface area contributed by atoms with Crippen LogP contribution in [0.3, 0.4) is 0 Å². The minimum absolute atomic E-state index is 0.268. The molecule has 0 fully saturated rings. The zero-order chi connectivity index (χ0) is 20.9. The van der Waals surface area contributed by atoms with Crippen LogP contribution in [-0.2, 0) is 11.3 Å². The van der Waals surface area contributed by atoms with Gasteiger partial charge in [0.2, 0.25) is 5.95 Å². The standard InChI is InChI=1S/C22H22FN5O2/c23-18-12-14-3-5-17(18)20-7-9-26-22(28-20)27-16-4-6-19(24)15(11-16)13-30-10-2-1-8-25-21(14)29/h3-7,9,11-12H,1-2,8,10,13,24H2,(H,25,29)(H,26,27,28). The Morgan fingerprint density at radius 2 is 2.00 bits per heavy atom. The number of carbonyl (C=O) groups is 1. The maximum Gasteiger partial charge on any atom is 0.251 e. The molecule has 0 saturated carbocycles. The van der Waals surface area contributed by atoms with Gasteiger partial charge in [0.25, 0.3) is 5.91 Å². The highest BCUT2D eigenvalue weighted by molar-refractivity contribution is 5.94. The highest BCUT2D eigenvalue weighted by atomic mass is 19.1. The van der Waals surface area contributed by atoms with Crippen LogP contribution in [0.1, 0.15) is 28.8 Å². The van der Waals surface area contributed by atoms with Crippen LogP contribution in [0.4, 0.5) is 21.7 Å². The van der Waals surface area contributed by atoms with Crippen molar-refractivity contribution in [1.29, 1.82) is 0 Å². The van der Waals surface area contributed by atoms with Gasteiger partial charge in [0, 0.05) is 47.4 Å². The van der Waals surface area contributed by atoms with E-state index in [4.69, 9.17) is 10.5 Å². The van der Waals surface area contributed by atoms with Crippen LogP contribution in [0.25, 0.3) is 11.3 Å². The molecule has 1 amide bonds. The van der Waals surface area contributed by atoms with Crippen LogP contribution in [0, 0.1) is 5.82 Å². The first-order valence-electron chi connectivity index (χ1n) is 9.74. The van der Waals surface area contributed by atoms with Gasteiger partial charge >= 0.3 is 0 Å². The van der Waals surface area contributed by atoms with Crippen molar-refractivity contribution in [2.24, 2.45) is 0 Å². The molecule has 30 heavy (non-hydrogen) atoms. The first-order chi connectivity index (χ1) is 14.6. The number of nitrogens with two attached hydrogens (primary N) is 1. The molecule has 2 aliphatic heterocycles. The number of hydrogen-bond acceptors (Lipinski definition) is 6. The van der Waals surface area contributed by atoms with Crippen molar-refractivity contribution in [3.05, 3.63) is 65.6 Å². The quantitative estimate of drug-likeness (QED) is 0.492. The van der Waals surface area contributed by atoms with Crippen molar-refractivity contribution >= 4 is 23.2 Å². The molecule has 0 aliphatic carbocycles. The predicted octanol–water partition coefficient (Wildman–Crippen LogP) is 3.65. The summed E-state index contributed by atoms with van der Waals surface area (Å²) in [6.07, 6.45) is 3.09. The lowest BCUT2D eigenvalue weighted by Gasteiger charge is -2.11. The fourth-order valence-corrected chi connectivity index (χ4v) is 3.19. The molecule has 0 radical (unpaired) electrons. The van der Waals surface area contributed by atoms with Crippen LogP contribution in [0.5, 0.6) is 0 Å². The molecule has 0 unspecified atom stereocenters. The highest BCUT2D eigenvalue weighted by Gasteiger charge is 2.13. The number of carbonyl (C=O) groups excluding carboxylic acids is 1. The number of fused-ring (bicyclic) bond motifs is 9. The number of nitrogen functional groups attached to an aromatic ring is 1. The van der Waals surface area contributed by atoms with E-state index in [1.807, 2.05) is 12.1 Å². The summed E-state index contributed by atoms with van der Waals surface area (Å²) in [5, 5.41) is 5.93. The van der Waals surface area contributed by atoms with E-state index < -0.39 is 5.82 Å². The lowest BCUT2D eigenvalue weighted by atomic mass is 10.1. The Hall–Kier alpha value is -3.52. The number of aromatic nitrogens is 2.